The van der Waals surface area contributed by atoms with Crippen LogP contribution in [-0.2, 0) is 17.7 Å². The lowest BCUT2D eigenvalue weighted by Crippen LogP contribution is -2.37. The van der Waals surface area contributed by atoms with Crippen molar-refractivity contribution in [1.82, 2.24) is 0 Å². The molecular formula is C21H25NO2. The summed E-state index contributed by atoms with van der Waals surface area (Å²) in [6, 6.07) is 17.8. The van der Waals surface area contributed by atoms with E-state index in [0.29, 0.717) is 13.0 Å². The fraction of sp³-hybridized carbons (Fsp3) is 0.286. The van der Waals surface area contributed by atoms with Crippen molar-refractivity contribution >= 4 is 11.8 Å². The predicted octanol–water partition coefficient (Wildman–Crippen LogP) is 5.36. The molecule has 0 heterocycles. The van der Waals surface area contributed by atoms with E-state index in [2.05, 4.69) is 6.58 Å². The maximum atomic E-state index is 12.8. The summed E-state index contributed by atoms with van der Waals surface area (Å²) in [5, 5.41) is 0. The maximum Gasteiger partial charge on any atom is 0.415 e. The molecule has 0 N–H and O–H groups in total. The van der Waals surface area contributed by atoms with Crippen molar-refractivity contribution in [2.45, 2.75) is 39.3 Å². The molecule has 0 aliphatic rings. The largest absolute Gasteiger partial charge is 0.443 e. The third-order valence-corrected chi connectivity index (χ3v) is 3.44. The Balaban J connectivity index is 2.39. The van der Waals surface area contributed by atoms with Gasteiger partial charge >= 0.3 is 6.09 Å². The van der Waals surface area contributed by atoms with Crippen LogP contribution in [0.4, 0.5) is 10.5 Å². The zero-order chi connectivity index (χ0) is 17.6. The predicted molar refractivity (Wildman–Crippen MR) is 99.2 cm³/mol. The molecular weight excluding hydrogens is 298 g/mol. The van der Waals surface area contributed by atoms with E-state index in [1.54, 1.807) is 4.90 Å². The molecule has 0 fully saturated rings. The first-order chi connectivity index (χ1) is 11.4. The topological polar surface area (TPSA) is 29.5 Å². The van der Waals surface area contributed by atoms with E-state index in [-0.39, 0.29) is 6.09 Å². The summed E-state index contributed by atoms with van der Waals surface area (Å²) in [5.41, 5.74) is 2.42. The molecule has 0 saturated carbocycles. The van der Waals surface area contributed by atoms with Gasteiger partial charge in [-0.1, -0.05) is 54.6 Å². The van der Waals surface area contributed by atoms with Gasteiger partial charge in [0.2, 0.25) is 0 Å². The summed E-state index contributed by atoms with van der Waals surface area (Å²) >= 11 is 0. The highest BCUT2D eigenvalue weighted by Gasteiger charge is 2.24. The van der Waals surface area contributed by atoms with Gasteiger partial charge in [-0.15, -0.1) is 6.58 Å². The second-order valence-corrected chi connectivity index (χ2v) is 6.67. The third kappa shape index (κ3) is 4.98. The maximum absolute atomic E-state index is 12.8. The van der Waals surface area contributed by atoms with Crippen LogP contribution in [0.1, 0.15) is 31.9 Å². The fourth-order valence-electron chi connectivity index (χ4n) is 2.43. The summed E-state index contributed by atoms with van der Waals surface area (Å²) < 4.78 is 5.62. The van der Waals surface area contributed by atoms with Gasteiger partial charge in [-0.05, 0) is 44.4 Å². The third-order valence-electron chi connectivity index (χ3n) is 3.44. The normalized spacial score (nSPS) is 11.0. The molecule has 0 aromatic heterocycles. The summed E-state index contributed by atoms with van der Waals surface area (Å²) in [6.07, 6.45) is 2.20. The smallest absolute Gasteiger partial charge is 0.415 e. The Morgan fingerprint density at radius 2 is 1.71 bits per heavy atom. The first-order valence-electron chi connectivity index (χ1n) is 8.14. The second-order valence-electron chi connectivity index (χ2n) is 6.67. The van der Waals surface area contributed by atoms with E-state index in [4.69, 9.17) is 4.74 Å². The summed E-state index contributed by atoms with van der Waals surface area (Å²) in [7, 11) is 0. The zero-order valence-electron chi connectivity index (χ0n) is 14.7. The minimum Gasteiger partial charge on any atom is -0.443 e. The lowest BCUT2D eigenvalue weighted by atomic mass is 10.1. The Hall–Kier alpha value is -2.55. The molecule has 2 aromatic rings. The highest BCUT2D eigenvalue weighted by molar-refractivity contribution is 5.89. The summed E-state index contributed by atoms with van der Waals surface area (Å²) in [4.78, 5) is 14.5. The van der Waals surface area contributed by atoms with E-state index in [9.17, 15) is 4.79 Å². The Bertz CT molecular complexity index is 686. The van der Waals surface area contributed by atoms with Gasteiger partial charge in [-0.3, -0.25) is 4.90 Å². The van der Waals surface area contributed by atoms with Gasteiger partial charge in [-0.25, -0.2) is 4.79 Å². The molecule has 0 bridgehead atoms. The van der Waals surface area contributed by atoms with Crippen molar-refractivity contribution in [2.75, 3.05) is 4.90 Å². The van der Waals surface area contributed by atoms with Crippen LogP contribution in [0.5, 0.6) is 0 Å². The highest BCUT2D eigenvalue weighted by atomic mass is 16.6. The molecule has 0 radical (unpaired) electrons. The van der Waals surface area contributed by atoms with Gasteiger partial charge < -0.3 is 4.74 Å². The number of para-hydroxylation sites is 1. The van der Waals surface area contributed by atoms with Crippen LogP contribution in [0.25, 0.3) is 0 Å². The Kier molecular flexibility index (Phi) is 5.80. The lowest BCUT2D eigenvalue weighted by molar-refractivity contribution is 0.0577. The molecule has 3 nitrogen and oxygen atoms in total. The molecule has 0 unspecified atom stereocenters. The van der Waals surface area contributed by atoms with Crippen LogP contribution in [0, 0.1) is 0 Å². The zero-order valence-corrected chi connectivity index (χ0v) is 14.7. The molecule has 2 rings (SSSR count). The number of amides is 1. The SMILES string of the molecule is C=CCc1ccccc1N(Cc1ccccc1)C(=O)OC(C)(C)C. The van der Waals surface area contributed by atoms with Crippen LogP contribution in [0.15, 0.2) is 67.3 Å². The van der Waals surface area contributed by atoms with Crippen molar-refractivity contribution in [3.05, 3.63) is 78.4 Å². The van der Waals surface area contributed by atoms with Gasteiger partial charge in [0.25, 0.3) is 0 Å². The number of carbonyl (C=O) groups is 1. The van der Waals surface area contributed by atoms with Crippen molar-refractivity contribution in [3.8, 4) is 0 Å². The van der Waals surface area contributed by atoms with Crippen LogP contribution < -0.4 is 4.90 Å². The van der Waals surface area contributed by atoms with Gasteiger partial charge in [-0.2, -0.15) is 0 Å². The van der Waals surface area contributed by atoms with E-state index < -0.39 is 5.60 Å². The molecule has 0 atom stereocenters. The van der Waals surface area contributed by atoms with Gasteiger partial charge in [0.15, 0.2) is 0 Å². The molecule has 0 spiro atoms. The highest BCUT2D eigenvalue weighted by Crippen LogP contribution is 2.25. The van der Waals surface area contributed by atoms with E-state index >= 15 is 0 Å². The van der Waals surface area contributed by atoms with Crippen LogP contribution in [-0.4, -0.2) is 11.7 Å². The number of hydrogen-bond acceptors (Lipinski definition) is 2. The number of rotatable bonds is 5. The average molecular weight is 323 g/mol. The number of nitrogens with zero attached hydrogens (tertiary/aromatic N) is 1. The number of carbonyl (C=O) groups excluding carboxylic acids is 1. The number of hydrogen-bond donors (Lipinski definition) is 0. The molecule has 1 amide bonds. The minimum absolute atomic E-state index is 0.345. The minimum atomic E-state index is -0.542. The van der Waals surface area contributed by atoms with Crippen molar-refractivity contribution in [3.63, 3.8) is 0 Å². The molecule has 2 aromatic carbocycles. The van der Waals surface area contributed by atoms with Gasteiger partial charge in [0.05, 0.1) is 12.2 Å². The van der Waals surface area contributed by atoms with E-state index in [0.717, 1.165) is 16.8 Å². The molecule has 0 saturated heterocycles. The Labute approximate surface area is 144 Å². The van der Waals surface area contributed by atoms with Crippen molar-refractivity contribution in [2.24, 2.45) is 0 Å². The summed E-state index contributed by atoms with van der Waals surface area (Å²) in [6.45, 7) is 9.90. The van der Waals surface area contributed by atoms with Crippen molar-refractivity contribution < 1.29 is 9.53 Å². The standard InChI is InChI=1S/C21H25NO2/c1-5-11-18-14-9-10-15-19(18)22(20(23)24-21(2,3)4)16-17-12-7-6-8-13-17/h5-10,12-15H,1,11,16H2,2-4H3. The number of allylic oxidation sites excluding steroid dienone is 1. The van der Waals surface area contributed by atoms with E-state index in [1.807, 2.05) is 81.4 Å². The first-order valence-corrected chi connectivity index (χ1v) is 8.14. The number of ether oxygens (including phenoxy) is 1. The average Bonchev–Trinajstić information content (AvgIpc) is 2.53. The van der Waals surface area contributed by atoms with Gasteiger partial charge in [0.1, 0.15) is 5.60 Å². The van der Waals surface area contributed by atoms with Crippen LogP contribution in [0.3, 0.4) is 0 Å². The Morgan fingerprint density at radius 3 is 2.33 bits per heavy atom. The molecule has 24 heavy (non-hydrogen) atoms. The van der Waals surface area contributed by atoms with Gasteiger partial charge in [0, 0.05) is 0 Å². The molecule has 0 aliphatic heterocycles. The van der Waals surface area contributed by atoms with Crippen molar-refractivity contribution in [1.29, 1.82) is 0 Å². The van der Waals surface area contributed by atoms with E-state index in [1.165, 1.54) is 0 Å². The first kappa shape index (κ1) is 17.8. The van der Waals surface area contributed by atoms with Crippen LogP contribution >= 0.6 is 0 Å². The number of anilines is 1. The monoisotopic (exact) mass is 323 g/mol. The Morgan fingerprint density at radius 1 is 1.08 bits per heavy atom. The fourth-order valence-corrected chi connectivity index (χ4v) is 2.43. The lowest BCUT2D eigenvalue weighted by Gasteiger charge is -2.29. The summed E-state index contributed by atoms with van der Waals surface area (Å²) in [5.74, 6) is 0. The quantitative estimate of drug-likeness (QED) is 0.694. The number of benzene rings is 2. The molecule has 0 aliphatic carbocycles. The second kappa shape index (κ2) is 7.82. The molecule has 3 heteroatoms. The molecule has 126 valence electrons. The van der Waals surface area contributed by atoms with Crippen LogP contribution in [0.2, 0.25) is 0 Å².